The summed E-state index contributed by atoms with van der Waals surface area (Å²) in [6, 6.07) is 14.7. The van der Waals surface area contributed by atoms with Crippen LogP contribution < -0.4 is 14.5 Å². The maximum atomic E-state index is 14.0. The Morgan fingerprint density at radius 3 is 1.79 bits per heavy atom. The Labute approximate surface area is 221 Å². The van der Waals surface area contributed by atoms with Crippen LogP contribution in [0.1, 0.15) is 37.4 Å². The molecule has 1 amide bonds. The van der Waals surface area contributed by atoms with E-state index >= 15 is 0 Å². The van der Waals surface area contributed by atoms with Crippen molar-refractivity contribution in [3.63, 3.8) is 0 Å². The zero-order valence-corrected chi connectivity index (χ0v) is 22.7. The summed E-state index contributed by atoms with van der Waals surface area (Å²) in [7, 11) is 5.81. The van der Waals surface area contributed by atoms with E-state index in [-0.39, 0.29) is 16.7 Å². The third kappa shape index (κ3) is 3.38. The number of nitrogens with zero attached hydrogens (tertiary/aromatic N) is 4. The van der Waals surface area contributed by atoms with E-state index in [4.69, 9.17) is 4.74 Å². The molecular weight excluding hydrogens is 508 g/mol. The summed E-state index contributed by atoms with van der Waals surface area (Å²) in [5.74, 6) is -1.22. The number of hydrogen-bond acceptors (Lipinski definition) is 7. The van der Waals surface area contributed by atoms with Crippen LogP contribution in [-0.4, -0.2) is 76.3 Å². The topological polar surface area (TPSA) is 111 Å². The molecule has 0 saturated heterocycles. The quantitative estimate of drug-likeness (QED) is 0.530. The lowest BCUT2D eigenvalue weighted by atomic mass is 9.75. The van der Waals surface area contributed by atoms with E-state index < -0.39 is 27.6 Å². The predicted molar refractivity (Wildman–Crippen MR) is 144 cm³/mol. The molecule has 0 aromatic heterocycles. The SMILES string of the molecule is CN(C)c1ccc2c(c1)Oc1cc(N(C)C)ccc1C21c2cc(C(=O)O)ccc2C(=O)N1S(=O)(=O)N(C)C. The molecule has 2 aliphatic rings. The normalized spacial score (nSPS) is 15.1. The number of benzene rings is 3. The fraction of sp³-hybridized carbons (Fsp3) is 0.259. The molecule has 0 bridgehead atoms. The number of amides is 1. The lowest BCUT2D eigenvalue weighted by molar-refractivity contribution is 0.0696. The minimum absolute atomic E-state index is 0.0653. The highest BCUT2D eigenvalue weighted by Crippen LogP contribution is 2.59. The molecule has 0 radical (unpaired) electrons. The van der Waals surface area contributed by atoms with Gasteiger partial charge in [0.15, 0.2) is 0 Å². The first kappa shape index (κ1) is 25.6. The van der Waals surface area contributed by atoms with E-state index in [1.807, 2.05) is 50.1 Å². The first-order chi connectivity index (χ1) is 17.8. The summed E-state index contributed by atoms with van der Waals surface area (Å²) in [5.41, 5.74) is 1.01. The van der Waals surface area contributed by atoms with Gasteiger partial charge in [-0.2, -0.15) is 12.7 Å². The van der Waals surface area contributed by atoms with Crippen LogP contribution >= 0.6 is 0 Å². The van der Waals surface area contributed by atoms with Gasteiger partial charge in [-0.15, -0.1) is 0 Å². The Morgan fingerprint density at radius 2 is 1.34 bits per heavy atom. The van der Waals surface area contributed by atoms with Crippen molar-refractivity contribution in [2.75, 3.05) is 52.1 Å². The monoisotopic (exact) mass is 536 g/mol. The van der Waals surface area contributed by atoms with Crippen LogP contribution in [0.2, 0.25) is 0 Å². The number of carboxylic acid groups (broad SMARTS) is 1. The van der Waals surface area contributed by atoms with Gasteiger partial charge in [0.2, 0.25) is 0 Å². The van der Waals surface area contributed by atoms with Crippen molar-refractivity contribution in [2.24, 2.45) is 0 Å². The highest BCUT2D eigenvalue weighted by molar-refractivity contribution is 7.87. The molecule has 2 heterocycles. The van der Waals surface area contributed by atoms with E-state index in [1.165, 1.54) is 32.3 Å². The molecule has 0 aliphatic carbocycles. The fourth-order valence-electron chi connectivity index (χ4n) is 5.09. The molecule has 1 spiro atoms. The van der Waals surface area contributed by atoms with Gasteiger partial charge < -0.3 is 19.6 Å². The third-order valence-electron chi connectivity index (χ3n) is 7.03. The number of carboxylic acids is 1. The number of anilines is 2. The molecule has 10 nitrogen and oxygen atoms in total. The van der Waals surface area contributed by atoms with Gasteiger partial charge in [0, 0.05) is 88.0 Å². The van der Waals surface area contributed by atoms with Gasteiger partial charge in [0.25, 0.3) is 5.91 Å². The van der Waals surface area contributed by atoms with Crippen LogP contribution in [-0.2, 0) is 15.7 Å². The van der Waals surface area contributed by atoms with Gasteiger partial charge in [0.1, 0.15) is 17.0 Å². The van der Waals surface area contributed by atoms with Crippen molar-refractivity contribution in [2.45, 2.75) is 5.54 Å². The fourth-order valence-corrected chi connectivity index (χ4v) is 6.37. The van der Waals surface area contributed by atoms with Gasteiger partial charge in [-0.25, -0.2) is 9.10 Å². The zero-order valence-electron chi connectivity index (χ0n) is 21.9. The summed E-state index contributed by atoms with van der Waals surface area (Å²) in [4.78, 5) is 29.8. The number of carbonyl (C=O) groups excluding carboxylic acids is 1. The lowest BCUT2D eigenvalue weighted by Gasteiger charge is -2.44. The van der Waals surface area contributed by atoms with E-state index in [1.54, 1.807) is 24.3 Å². The van der Waals surface area contributed by atoms with Crippen molar-refractivity contribution in [1.29, 1.82) is 0 Å². The predicted octanol–water partition coefficient (Wildman–Crippen LogP) is 3.18. The maximum absolute atomic E-state index is 14.0. The Balaban J connectivity index is 1.99. The Morgan fingerprint density at radius 1 is 0.816 bits per heavy atom. The van der Waals surface area contributed by atoms with E-state index in [0.717, 1.165) is 20.0 Å². The minimum Gasteiger partial charge on any atom is -0.478 e. The summed E-state index contributed by atoms with van der Waals surface area (Å²) in [5, 5.41) is 9.81. The van der Waals surface area contributed by atoms with Crippen molar-refractivity contribution >= 4 is 33.5 Å². The standard InChI is InChI=1S/C27H28N4O6S/c1-28(2)17-8-11-20-23(14-17)37-24-15-18(29(3)4)9-12-21(24)27(20)22-13-16(26(33)34)7-10-19(22)25(32)31(27)38(35,36)30(5)6/h7-15H,1-6H3,(H,33,34). The Hall–Kier alpha value is -4.09. The summed E-state index contributed by atoms with van der Waals surface area (Å²) in [6.45, 7) is 0. The Bertz CT molecular complexity index is 1560. The Kier molecular flexibility index (Phi) is 5.69. The maximum Gasteiger partial charge on any atom is 0.335 e. The van der Waals surface area contributed by atoms with Crippen LogP contribution in [0.25, 0.3) is 0 Å². The molecule has 0 saturated carbocycles. The molecule has 2 aliphatic heterocycles. The first-order valence-corrected chi connectivity index (χ1v) is 13.2. The van der Waals surface area contributed by atoms with E-state index in [9.17, 15) is 23.1 Å². The number of carbonyl (C=O) groups is 2. The average Bonchev–Trinajstić information content (AvgIpc) is 3.12. The molecule has 3 aromatic rings. The smallest absolute Gasteiger partial charge is 0.335 e. The van der Waals surface area contributed by atoms with E-state index in [0.29, 0.717) is 22.6 Å². The summed E-state index contributed by atoms with van der Waals surface area (Å²) >= 11 is 0. The van der Waals surface area contributed by atoms with Crippen LogP contribution in [0.5, 0.6) is 11.5 Å². The number of rotatable bonds is 5. The average molecular weight is 537 g/mol. The van der Waals surface area contributed by atoms with Crippen LogP contribution in [0.3, 0.4) is 0 Å². The molecular formula is C27H28N4O6S. The molecule has 3 aromatic carbocycles. The highest BCUT2D eigenvalue weighted by atomic mass is 32.2. The molecule has 11 heteroatoms. The van der Waals surface area contributed by atoms with Crippen molar-refractivity contribution in [3.05, 3.63) is 82.4 Å². The molecule has 38 heavy (non-hydrogen) atoms. The second kappa shape index (κ2) is 8.47. The molecule has 0 fully saturated rings. The zero-order chi connectivity index (χ0) is 27.7. The van der Waals surface area contributed by atoms with E-state index in [2.05, 4.69) is 0 Å². The van der Waals surface area contributed by atoms with Crippen LogP contribution in [0.4, 0.5) is 11.4 Å². The minimum atomic E-state index is -4.38. The van der Waals surface area contributed by atoms with Gasteiger partial charge in [0.05, 0.1) is 5.56 Å². The van der Waals surface area contributed by atoms with Crippen molar-refractivity contribution in [1.82, 2.24) is 8.61 Å². The van der Waals surface area contributed by atoms with Crippen LogP contribution in [0.15, 0.2) is 54.6 Å². The molecule has 5 rings (SSSR count). The number of aromatic carboxylic acids is 1. The summed E-state index contributed by atoms with van der Waals surface area (Å²) < 4.78 is 36.1. The van der Waals surface area contributed by atoms with Crippen LogP contribution in [0, 0.1) is 0 Å². The largest absolute Gasteiger partial charge is 0.478 e. The molecule has 1 N–H and O–H groups in total. The lowest BCUT2D eigenvalue weighted by Crippen LogP contribution is -2.53. The number of hydrogen-bond donors (Lipinski definition) is 1. The second-order valence-corrected chi connectivity index (χ2v) is 11.9. The van der Waals surface area contributed by atoms with Gasteiger partial charge in [-0.1, -0.05) is 12.1 Å². The molecule has 198 valence electrons. The van der Waals surface area contributed by atoms with Gasteiger partial charge in [-0.3, -0.25) is 4.79 Å². The number of fused-ring (bicyclic) bond motifs is 6. The second-order valence-electron chi connectivity index (χ2n) is 9.89. The molecule has 0 unspecified atom stereocenters. The van der Waals surface area contributed by atoms with Crippen molar-refractivity contribution < 1.29 is 27.9 Å². The number of ether oxygens (including phenoxy) is 1. The van der Waals surface area contributed by atoms with Crippen molar-refractivity contribution in [3.8, 4) is 11.5 Å². The third-order valence-corrected chi connectivity index (χ3v) is 8.85. The van der Waals surface area contributed by atoms with Gasteiger partial charge in [-0.05, 0) is 30.3 Å². The first-order valence-electron chi connectivity index (χ1n) is 11.8. The molecule has 0 atom stereocenters. The summed E-state index contributed by atoms with van der Waals surface area (Å²) in [6.07, 6.45) is 0. The highest BCUT2D eigenvalue weighted by Gasteiger charge is 2.61. The van der Waals surface area contributed by atoms with Gasteiger partial charge >= 0.3 is 16.2 Å².